The van der Waals surface area contributed by atoms with Gasteiger partial charge in [-0.1, -0.05) is 0 Å². The van der Waals surface area contributed by atoms with Crippen molar-refractivity contribution in [3.8, 4) is 11.5 Å². The molecule has 1 fully saturated rings. The molecule has 9 heteroatoms. The van der Waals surface area contributed by atoms with Gasteiger partial charge in [0.2, 0.25) is 0 Å². The summed E-state index contributed by atoms with van der Waals surface area (Å²) in [6, 6.07) is 7.53. The number of alkyl halides is 3. The minimum atomic E-state index is -4.73. The second-order valence-electron chi connectivity index (χ2n) is 5.69. The Morgan fingerprint density at radius 1 is 1.00 bits per heavy atom. The highest BCUT2D eigenvalue weighted by molar-refractivity contribution is 5.52. The van der Waals surface area contributed by atoms with Gasteiger partial charge in [-0.25, -0.2) is 9.37 Å². The maximum absolute atomic E-state index is 13.8. The fourth-order valence-corrected chi connectivity index (χ4v) is 2.80. The molecule has 0 saturated carbocycles. The Morgan fingerprint density at radius 3 is 2.23 bits per heavy atom. The summed E-state index contributed by atoms with van der Waals surface area (Å²) in [6.07, 6.45) is -3.68. The fraction of sp³-hybridized carbons (Fsp3) is 0.353. The quantitative estimate of drug-likeness (QED) is 0.770. The molecule has 0 spiro atoms. The summed E-state index contributed by atoms with van der Waals surface area (Å²) in [5.74, 6) is -0.0132. The zero-order valence-corrected chi connectivity index (χ0v) is 14.0. The number of hydrogen-bond donors (Lipinski definition) is 0. The number of rotatable bonds is 4. The molecule has 0 unspecified atom stereocenters. The van der Waals surface area contributed by atoms with E-state index in [0.29, 0.717) is 32.0 Å². The molecule has 0 bridgehead atoms. The number of anilines is 2. The molecular formula is C17H17F4N3O2. The standard InChI is InChI=1S/C17H17F4N3O2/c1-25-15-4-2-12(10-14(15)18)23-6-8-24(9-7-23)16-5-3-13(11-22-16)26-17(19,20)21/h2-5,10-11H,6-9H2,1H3. The Bertz CT molecular complexity index is 745. The summed E-state index contributed by atoms with van der Waals surface area (Å²) in [7, 11) is 1.41. The number of hydrogen-bond acceptors (Lipinski definition) is 5. The van der Waals surface area contributed by atoms with Gasteiger partial charge >= 0.3 is 6.36 Å². The third-order valence-electron chi connectivity index (χ3n) is 4.06. The molecule has 0 atom stereocenters. The number of methoxy groups -OCH3 is 1. The van der Waals surface area contributed by atoms with Gasteiger partial charge in [-0.3, -0.25) is 0 Å². The molecule has 1 saturated heterocycles. The van der Waals surface area contributed by atoms with Crippen molar-refractivity contribution in [3.63, 3.8) is 0 Å². The van der Waals surface area contributed by atoms with Gasteiger partial charge in [0.25, 0.3) is 0 Å². The predicted molar refractivity (Wildman–Crippen MR) is 88.3 cm³/mol. The average Bonchev–Trinajstić information content (AvgIpc) is 2.61. The van der Waals surface area contributed by atoms with Gasteiger partial charge in [0.15, 0.2) is 11.6 Å². The van der Waals surface area contributed by atoms with Gasteiger partial charge in [-0.05, 0) is 24.3 Å². The van der Waals surface area contributed by atoms with E-state index in [2.05, 4.69) is 9.72 Å². The molecule has 0 aliphatic carbocycles. The van der Waals surface area contributed by atoms with Crippen LogP contribution < -0.4 is 19.3 Å². The number of halogens is 4. The summed E-state index contributed by atoms with van der Waals surface area (Å²) < 4.78 is 59.1. The Hall–Kier alpha value is -2.71. The van der Waals surface area contributed by atoms with Crippen molar-refractivity contribution < 1.29 is 27.0 Å². The zero-order chi connectivity index (χ0) is 18.7. The van der Waals surface area contributed by atoms with E-state index >= 15 is 0 Å². The average molecular weight is 371 g/mol. The maximum atomic E-state index is 13.8. The lowest BCUT2D eigenvalue weighted by Gasteiger charge is -2.36. The molecule has 1 aliphatic heterocycles. The van der Waals surface area contributed by atoms with E-state index in [-0.39, 0.29) is 11.5 Å². The topological polar surface area (TPSA) is 37.8 Å². The second-order valence-corrected chi connectivity index (χ2v) is 5.69. The highest BCUT2D eigenvalue weighted by atomic mass is 19.4. The van der Waals surface area contributed by atoms with Crippen molar-refractivity contribution in [2.24, 2.45) is 0 Å². The second kappa shape index (κ2) is 7.27. The zero-order valence-electron chi connectivity index (χ0n) is 14.0. The number of aromatic nitrogens is 1. The van der Waals surface area contributed by atoms with Gasteiger partial charge in [-0.2, -0.15) is 0 Å². The minimum Gasteiger partial charge on any atom is -0.494 e. The first kappa shape index (κ1) is 18.1. The lowest BCUT2D eigenvalue weighted by molar-refractivity contribution is -0.274. The number of piperazine rings is 1. The van der Waals surface area contributed by atoms with E-state index in [0.717, 1.165) is 11.9 Å². The van der Waals surface area contributed by atoms with E-state index in [1.807, 2.05) is 9.80 Å². The smallest absolute Gasteiger partial charge is 0.494 e. The number of nitrogens with zero attached hydrogens (tertiary/aromatic N) is 3. The van der Waals surface area contributed by atoms with Gasteiger partial charge in [0, 0.05) is 37.9 Å². The highest BCUT2D eigenvalue weighted by Gasteiger charge is 2.31. The lowest BCUT2D eigenvalue weighted by atomic mass is 10.2. The molecule has 0 amide bonds. The van der Waals surface area contributed by atoms with Crippen LogP contribution in [0.4, 0.5) is 29.1 Å². The van der Waals surface area contributed by atoms with E-state index in [1.54, 1.807) is 12.1 Å². The van der Waals surface area contributed by atoms with E-state index < -0.39 is 12.2 Å². The Labute approximate surface area is 147 Å². The largest absolute Gasteiger partial charge is 0.573 e. The van der Waals surface area contributed by atoms with Gasteiger partial charge in [-0.15, -0.1) is 13.2 Å². The third kappa shape index (κ3) is 4.27. The van der Waals surface area contributed by atoms with E-state index in [4.69, 9.17) is 4.74 Å². The van der Waals surface area contributed by atoms with Gasteiger partial charge < -0.3 is 19.3 Å². The van der Waals surface area contributed by atoms with Crippen LogP contribution >= 0.6 is 0 Å². The molecule has 26 heavy (non-hydrogen) atoms. The van der Waals surface area contributed by atoms with E-state index in [9.17, 15) is 17.6 Å². The summed E-state index contributed by atoms with van der Waals surface area (Å²) in [4.78, 5) is 8.01. The SMILES string of the molecule is COc1ccc(N2CCN(c3ccc(OC(F)(F)F)cn3)CC2)cc1F. The lowest BCUT2D eigenvalue weighted by Crippen LogP contribution is -2.46. The molecule has 1 aromatic heterocycles. The number of ether oxygens (including phenoxy) is 2. The number of pyridine rings is 1. The third-order valence-corrected chi connectivity index (χ3v) is 4.06. The highest BCUT2D eigenvalue weighted by Crippen LogP contribution is 2.26. The molecule has 0 N–H and O–H groups in total. The molecular weight excluding hydrogens is 354 g/mol. The maximum Gasteiger partial charge on any atom is 0.573 e. The van der Waals surface area contributed by atoms with Crippen LogP contribution in [0.15, 0.2) is 36.5 Å². The molecule has 1 aromatic carbocycles. The van der Waals surface area contributed by atoms with Gasteiger partial charge in [0.05, 0.1) is 13.3 Å². The number of benzene rings is 1. The monoisotopic (exact) mass is 371 g/mol. The van der Waals surface area contributed by atoms with Crippen LogP contribution in [0.2, 0.25) is 0 Å². The van der Waals surface area contributed by atoms with Crippen LogP contribution in [0.1, 0.15) is 0 Å². The van der Waals surface area contributed by atoms with Crippen molar-refractivity contribution in [3.05, 3.63) is 42.3 Å². The molecule has 3 rings (SSSR count). The normalized spacial score (nSPS) is 15.1. The summed E-state index contributed by atoms with van der Waals surface area (Å²) in [6.45, 7) is 2.49. The molecule has 2 aromatic rings. The fourth-order valence-electron chi connectivity index (χ4n) is 2.80. The van der Waals surface area contributed by atoms with Crippen LogP contribution in [0.5, 0.6) is 11.5 Å². The van der Waals surface area contributed by atoms with Crippen molar-refractivity contribution >= 4 is 11.5 Å². The minimum absolute atomic E-state index is 0.192. The first-order valence-corrected chi connectivity index (χ1v) is 7.91. The molecule has 140 valence electrons. The predicted octanol–water partition coefficient (Wildman–Crippen LogP) is 3.45. The Morgan fingerprint density at radius 2 is 1.69 bits per heavy atom. The Kier molecular flexibility index (Phi) is 5.06. The summed E-state index contributed by atoms with van der Waals surface area (Å²) in [5.41, 5.74) is 0.754. The van der Waals surface area contributed by atoms with Crippen LogP contribution in [0, 0.1) is 5.82 Å². The van der Waals surface area contributed by atoms with E-state index in [1.165, 1.54) is 25.3 Å². The summed E-state index contributed by atoms with van der Waals surface area (Å²) >= 11 is 0. The van der Waals surface area contributed by atoms with Crippen molar-refractivity contribution in [2.45, 2.75) is 6.36 Å². The van der Waals surface area contributed by atoms with Crippen molar-refractivity contribution in [1.29, 1.82) is 0 Å². The van der Waals surface area contributed by atoms with Crippen LogP contribution in [-0.4, -0.2) is 44.6 Å². The van der Waals surface area contributed by atoms with Crippen molar-refractivity contribution in [2.75, 3.05) is 43.1 Å². The molecule has 0 radical (unpaired) electrons. The molecule has 2 heterocycles. The first-order chi connectivity index (χ1) is 12.4. The molecule has 5 nitrogen and oxygen atoms in total. The van der Waals surface area contributed by atoms with Crippen molar-refractivity contribution in [1.82, 2.24) is 4.98 Å². The Balaban J connectivity index is 1.60. The summed E-state index contributed by atoms with van der Waals surface area (Å²) in [5, 5.41) is 0. The van der Waals surface area contributed by atoms with Crippen LogP contribution in [-0.2, 0) is 0 Å². The van der Waals surface area contributed by atoms with Crippen LogP contribution in [0.3, 0.4) is 0 Å². The molecule has 1 aliphatic rings. The first-order valence-electron chi connectivity index (χ1n) is 7.91. The van der Waals surface area contributed by atoms with Gasteiger partial charge in [0.1, 0.15) is 11.6 Å². The van der Waals surface area contributed by atoms with Crippen LogP contribution in [0.25, 0.3) is 0 Å².